The van der Waals surface area contributed by atoms with Crippen molar-refractivity contribution in [3.8, 4) is 0 Å². The molecule has 0 aliphatic heterocycles. The van der Waals surface area contributed by atoms with E-state index in [9.17, 15) is 9.50 Å². The Bertz CT molecular complexity index is 378. The second-order valence-corrected chi connectivity index (χ2v) is 3.90. The van der Waals surface area contributed by atoms with Crippen LogP contribution in [0.25, 0.3) is 5.57 Å². The van der Waals surface area contributed by atoms with E-state index in [1.807, 2.05) is 30.3 Å². The fourth-order valence-corrected chi connectivity index (χ4v) is 1.75. The van der Waals surface area contributed by atoms with E-state index in [-0.39, 0.29) is 6.42 Å². The van der Waals surface area contributed by atoms with Gasteiger partial charge in [0.25, 0.3) is 0 Å². The minimum Gasteiger partial charge on any atom is -0.388 e. The highest BCUT2D eigenvalue weighted by atomic mass is 19.1. The zero-order valence-corrected chi connectivity index (χ0v) is 10.2. The van der Waals surface area contributed by atoms with Crippen molar-refractivity contribution in [2.45, 2.75) is 25.9 Å². The second kappa shape index (κ2) is 7.02. The number of aliphatic hydroxyl groups is 1. The molecule has 0 aromatic heterocycles. The van der Waals surface area contributed by atoms with Crippen LogP contribution in [-0.4, -0.2) is 11.8 Å². The van der Waals surface area contributed by atoms with Crippen molar-refractivity contribution in [2.24, 2.45) is 0 Å². The molecule has 1 nitrogen and oxygen atoms in total. The summed E-state index contributed by atoms with van der Waals surface area (Å²) in [6, 6.07) is 7.61. The monoisotopic (exact) mass is 234 g/mol. The molecule has 1 atom stereocenters. The Morgan fingerprint density at radius 1 is 1.41 bits per heavy atom. The van der Waals surface area contributed by atoms with Crippen molar-refractivity contribution in [3.05, 3.63) is 54.1 Å². The number of alkyl halides is 1. The summed E-state index contributed by atoms with van der Waals surface area (Å²) in [5, 5.41) is 9.64. The predicted octanol–water partition coefficient (Wildman–Crippen LogP) is 4.06. The van der Waals surface area contributed by atoms with E-state index in [0.29, 0.717) is 0 Å². The van der Waals surface area contributed by atoms with Gasteiger partial charge in [-0.2, -0.15) is 0 Å². The van der Waals surface area contributed by atoms with E-state index in [1.165, 1.54) is 5.57 Å². The zero-order chi connectivity index (χ0) is 12.7. The molecule has 0 amide bonds. The molecular formula is C15H19FO. The molecule has 92 valence electrons. The van der Waals surface area contributed by atoms with Gasteiger partial charge >= 0.3 is 0 Å². The maximum atomic E-state index is 12.1. The molecule has 0 fully saturated rings. The Morgan fingerprint density at radius 3 is 2.53 bits per heavy atom. The fraction of sp³-hybridized carbons (Fsp3) is 0.333. The molecule has 0 radical (unpaired) electrons. The molecule has 1 unspecified atom stereocenters. The summed E-state index contributed by atoms with van der Waals surface area (Å²) < 4.78 is 12.1. The maximum Gasteiger partial charge on any atom is 0.0922 e. The number of aliphatic hydroxyl groups excluding tert-OH is 1. The lowest BCUT2D eigenvalue weighted by atomic mass is 9.99. The van der Waals surface area contributed by atoms with E-state index in [4.69, 9.17) is 0 Å². The summed E-state index contributed by atoms with van der Waals surface area (Å²) in [6.45, 7) is 5.27. The van der Waals surface area contributed by atoms with Crippen molar-refractivity contribution >= 4 is 5.57 Å². The molecule has 0 aliphatic rings. The summed E-state index contributed by atoms with van der Waals surface area (Å²) in [5.74, 6) is 0. The van der Waals surface area contributed by atoms with Crippen LogP contribution in [0.15, 0.2) is 43.0 Å². The SMILES string of the molecule is C=C/C=C(\CC)c1ccc(C(O)CCF)cc1. The molecule has 2 heteroatoms. The molecule has 1 aromatic rings. The number of halogens is 1. The Hall–Kier alpha value is -1.41. The quantitative estimate of drug-likeness (QED) is 0.736. The molecule has 0 saturated carbocycles. The van der Waals surface area contributed by atoms with Crippen molar-refractivity contribution in [3.63, 3.8) is 0 Å². The summed E-state index contributed by atoms with van der Waals surface area (Å²) in [7, 11) is 0. The Labute approximate surface area is 102 Å². The fourth-order valence-electron chi connectivity index (χ4n) is 1.75. The first-order valence-corrected chi connectivity index (χ1v) is 5.88. The van der Waals surface area contributed by atoms with E-state index in [2.05, 4.69) is 13.5 Å². The molecule has 1 N–H and O–H groups in total. The molecule has 0 aliphatic carbocycles. The average Bonchev–Trinajstić information content (AvgIpc) is 2.36. The second-order valence-electron chi connectivity index (χ2n) is 3.90. The lowest BCUT2D eigenvalue weighted by molar-refractivity contribution is 0.156. The minimum atomic E-state index is -0.706. The van der Waals surface area contributed by atoms with Crippen LogP contribution in [0.2, 0.25) is 0 Å². The molecule has 17 heavy (non-hydrogen) atoms. The predicted molar refractivity (Wildman–Crippen MR) is 70.5 cm³/mol. The van der Waals surface area contributed by atoms with Gasteiger partial charge in [0.2, 0.25) is 0 Å². The molecular weight excluding hydrogens is 215 g/mol. The lowest BCUT2D eigenvalue weighted by Gasteiger charge is -2.10. The summed E-state index contributed by atoms with van der Waals surface area (Å²) >= 11 is 0. The van der Waals surface area contributed by atoms with Gasteiger partial charge in [-0.15, -0.1) is 0 Å². The molecule has 0 bridgehead atoms. The van der Waals surface area contributed by atoms with Gasteiger partial charge in [0.1, 0.15) is 0 Å². The molecule has 1 aromatic carbocycles. The number of hydrogen-bond acceptors (Lipinski definition) is 1. The normalized spacial score (nSPS) is 13.5. The van der Waals surface area contributed by atoms with E-state index in [0.717, 1.165) is 17.5 Å². The number of allylic oxidation sites excluding steroid dienone is 3. The van der Waals surface area contributed by atoms with Crippen LogP contribution >= 0.6 is 0 Å². The highest BCUT2D eigenvalue weighted by Gasteiger charge is 2.07. The Balaban J connectivity index is 2.87. The van der Waals surface area contributed by atoms with Crippen LogP contribution in [0.1, 0.15) is 37.0 Å². The first-order valence-electron chi connectivity index (χ1n) is 5.88. The van der Waals surface area contributed by atoms with Crippen LogP contribution in [0.3, 0.4) is 0 Å². The highest BCUT2D eigenvalue weighted by molar-refractivity contribution is 5.66. The van der Waals surface area contributed by atoms with Gasteiger partial charge in [0, 0.05) is 6.42 Å². The third-order valence-electron chi connectivity index (χ3n) is 2.75. The molecule has 0 saturated heterocycles. The van der Waals surface area contributed by atoms with Gasteiger partial charge in [0.15, 0.2) is 0 Å². The standard InChI is InChI=1S/C15H19FO/c1-3-5-12(4-2)13-6-8-14(9-7-13)15(17)10-11-16/h3,5-9,15,17H,1,4,10-11H2,2H3/b12-5+. The number of rotatable bonds is 6. The van der Waals surface area contributed by atoms with Crippen LogP contribution in [0, 0.1) is 0 Å². The number of hydrogen-bond donors (Lipinski definition) is 1. The summed E-state index contributed by atoms with van der Waals surface area (Å²) in [6.07, 6.45) is 4.13. The maximum absolute atomic E-state index is 12.1. The largest absolute Gasteiger partial charge is 0.388 e. The lowest BCUT2D eigenvalue weighted by Crippen LogP contribution is -1.98. The van der Waals surface area contributed by atoms with Gasteiger partial charge in [-0.25, -0.2) is 0 Å². The van der Waals surface area contributed by atoms with Crippen molar-refractivity contribution < 1.29 is 9.50 Å². The zero-order valence-electron chi connectivity index (χ0n) is 10.2. The first-order chi connectivity index (χ1) is 8.22. The molecule has 0 spiro atoms. The Kier molecular flexibility index (Phi) is 5.64. The van der Waals surface area contributed by atoms with E-state index >= 15 is 0 Å². The van der Waals surface area contributed by atoms with Gasteiger partial charge in [-0.1, -0.05) is 49.9 Å². The van der Waals surface area contributed by atoms with E-state index in [1.54, 1.807) is 6.08 Å². The Morgan fingerprint density at radius 2 is 2.06 bits per heavy atom. The van der Waals surface area contributed by atoms with Crippen LogP contribution in [0.4, 0.5) is 4.39 Å². The van der Waals surface area contributed by atoms with Gasteiger partial charge in [-0.05, 0) is 23.1 Å². The van der Waals surface area contributed by atoms with Crippen molar-refractivity contribution in [1.29, 1.82) is 0 Å². The molecule has 0 heterocycles. The van der Waals surface area contributed by atoms with Crippen LogP contribution in [0.5, 0.6) is 0 Å². The topological polar surface area (TPSA) is 20.2 Å². The smallest absolute Gasteiger partial charge is 0.0922 e. The van der Waals surface area contributed by atoms with Crippen LogP contribution in [-0.2, 0) is 0 Å². The minimum absolute atomic E-state index is 0.155. The summed E-state index contributed by atoms with van der Waals surface area (Å²) in [4.78, 5) is 0. The van der Waals surface area contributed by atoms with Gasteiger partial charge < -0.3 is 5.11 Å². The third-order valence-corrected chi connectivity index (χ3v) is 2.75. The third kappa shape index (κ3) is 3.82. The van der Waals surface area contributed by atoms with Crippen LogP contribution < -0.4 is 0 Å². The first kappa shape index (κ1) is 13.7. The molecule has 1 rings (SSSR count). The van der Waals surface area contributed by atoms with E-state index < -0.39 is 12.8 Å². The van der Waals surface area contributed by atoms with Crippen molar-refractivity contribution in [2.75, 3.05) is 6.67 Å². The average molecular weight is 234 g/mol. The van der Waals surface area contributed by atoms with Crippen molar-refractivity contribution in [1.82, 2.24) is 0 Å². The summed E-state index contributed by atoms with van der Waals surface area (Å²) in [5.41, 5.74) is 3.08. The highest BCUT2D eigenvalue weighted by Crippen LogP contribution is 2.22. The number of benzene rings is 1. The van der Waals surface area contributed by atoms with Gasteiger partial charge in [-0.3, -0.25) is 4.39 Å². The van der Waals surface area contributed by atoms with Gasteiger partial charge in [0.05, 0.1) is 12.8 Å².